The van der Waals surface area contributed by atoms with Crippen LogP contribution in [-0.4, -0.2) is 10.8 Å². The number of carbonyl (C=O) groups is 1. The van der Waals surface area contributed by atoms with Crippen molar-refractivity contribution in [3.8, 4) is 0 Å². The van der Waals surface area contributed by atoms with Crippen LogP contribution in [0, 0.1) is 13.8 Å². The van der Waals surface area contributed by atoms with Gasteiger partial charge in [-0.25, -0.2) is 4.98 Å². The molecular weight excluding hydrogens is 242 g/mol. The van der Waals surface area contributed by atoms with Gasteiger partial charge in [-0.1, -0.05) is 29.8 Å². The number of benzene rings is 1. The minimum absolute atomic E-state index is 0.265. The van der Waals surface area contributed by atoms with E-state index in [1.54, 1.807) is 11.3 Å². The molecule has 0 aliphatic rings. The Bertz CT molecular complexity index is 528. The van der Waals surface area contributed by atoms with Crippen molar-refractivity contribution in [3.63, 3.8) is 0 Å². The van der Waals surface area contributed by atoms with E-state index in [-0.39, 0.29) is 5.78 Å². The molecule has 18 heavy (non-hydrogen) atoms. The summed E-state index contributed by atoms with van der Waals surface area (Å²) in [5, 5.41) is 3.00. The Morgan fingerprint density at radius 2 is 1.94 bits per heavy atom. The molecule has 0 fully saturated rings. The smallest absolute Gasteiger partial charge is 0.139 e. The van der Waals surface area contributed by atoms with Gasteiger partial charge in [-0.05, 0) is 25.8 Å². The molecule has 1 aromatic carbocycles. The minimum Gasteiger partial charge on any atom is -0.299 e. The number of aryl methyl sites for hydroxylation is 3. The summed E-state index contributed by atoms with van der Waals surface area (Å²) in [6.45, 7) is 4.03. The fourth-order valence-corrected chi connectivity index (χ4v) is 2.43. The van der Waals surface area contributed by atoms with Gasteiger partial charge in [-0.3, -0.25) is 4.79 Å². The van der Waals surface area contributed by atoms with Crippen LogP contribution in [0.3, 0.4) is 0 Å². The second kappa shape index (κ2) is 5.91. The average Bonchev–Trinajstić information content (AvgIpc) is 2.74. The second-order valence-electron chi connectivity index (χ2n) is 4.56. The summed E-state index contributed by atoms with van der Waals surface area (Å²) in [6.07, 6.45) is 1.89. The van der Waals surface area contributed by atoms with E-state index in [4.69, 9.17) is 0 Å². The van der Waals surface area contributed by atoms with Gasteiger partial charge in [0.2, 0.25) is 0 Å². The number of hydrogen-bond donors (Lipinski definition) is 0. The van der Waals surface area contributed by atoms with Gasteiger partial charge in [0.05, 0.1) is 10.7 Å². The summed E-state index contributed by atoms with van der Waals surface area (Å²) in [6, 6.07) is 8.36. The molecule has 0 atom stereocenters. The van der Waals surface area contributed by atoms with Crippen LogP contribution in [0.15, 0.2) is 29.6 Å². The maximum atomic E-state index is 11.8. The topological polar surface area (TPSA) is 30.0 Å². The van der Waals surface area contributed by atoms with Crippen LogP contribution < -0.4 is 0 Å². The molecule has 0 aliphatic heterocycles. The molecule has 0 aliphatic carbocycles. The number of Topliss-reactive ketones (excluding diaryl/α,β-unsaturated/α-hetero) is 1. The van der Waals surface area contributed by atoms with Crippen molar-refractivity contribution in [3.05, 3.63) is 51.5 Å². The number of rotatable bonds is 5. The van der Waals surface area contributed by atoms with Crippen molar-refractivity contribution in [2.24, 2.45) is 0 Å². The van der Waals surface area contributed by atoms with E-state index in [2.05, 4.69) is 36.2 Å². The number of nitrogens with zero attached hydrogens (tertiary/aromatic N) is 1. The first-order chi connectivity index (χ1) is 8.63. The van der Waals surface area contributed by atoms with Crippen molar-refractivity contribution in [2.75, 3.05) is 0 Å². The van der Waals surface area contributed by atoms with E-state index in [1.165, 1.54) is 11.1 Å². The normalized spacial score (nSPS) is 10.6. The first-order valence-corrected chi connectivity index (χ1v) is 7.00. The third-order valence-corrected chi connectivity index (χ3v) is 3.68. The van der Waals surface area contributed by atoms with Gasteiger partial charge in [0.15, 0.2) is 0 Å². The summed E-state index contributed by atoms with van der Waals surface area (Å²) in [4.78, 5) is 16.1. The lowest BCUT2D eigenvalue weighted by Crippen LogP contribution is -2.04. The minimum atomic E-state index is 0.265. The number of aromatic nitrogens is 1. The van der Waals surface area contributed by atoms with Gasteiger partial charge in [0.25, 0.3) is 0 Å². The second-order valence-corrected chi connectivity index (χ2v) is 5.62. The largest absolute Gasteiger partial charge is 0.299 e. The molecule has 0 bridgehead atoms. The maximum Gasteiger partial charge on any atom is 0.139 e. The van der Waals surface area contributed by atoms with Crippen molar-refractivity contribution >= 4 is 17.1 Å². The summed E-state index contributed by atoms with van der Waals surface area (Å²) in [7, 11) is 0. The predicted molar refractivity (Wildman–Crippen MR) is 75.1 cm³/mol. The molecule has 1 heterocycles. The quantitative estimate of drug-likeness (QED) is 0.822. The summed E-state index contributed by atoms with van der Waals surface area (Å²) in [5.74, 6) is 0.265. The monoisotopic (exact) mass is 259 g/mol. The lowest BCUT2D eigenvalue weighted by atomic mass is 10.0. The van der Waals surface area contributed by atoms with Crippen molar-refractivity contribution in [1.29, 1.82) is 0 Å². The zero-order valence-corrected chi connectivity index (χ0v) is 11.6. The van der Waals surface area contributed by atoms with Gasteiger partial charge < -0.3 is 0 Å². The molecule has 0 unspecified atom stereocenters. The highest BCUT2D eigenvalue weighted by Gasteiger charge is 2.06. The first kappa shape index (κ1) is 13.0. The van der Waals surface area contributed by atoms with Crippen LogP contribution >= 0.6 is 11.3 Å². The summed E-state index contributed by atoms with van der Waals surface area (Å²) in [5.41, 5.74) is 3.39. The number of carbonyl (C=O) groups excluding carboxylic acids is 1. The molecular formula is C15H17NOS. The molecule has 2 rings (SSSR count). The fraction of sp³-hybridized carbons (Fsp3) is 0.333. The van der Waals surface area contributed by atoms with Crippen LogP contribution in [-0.2, 0) is 17.6 Å². The lowest BCUT2D eigenvalue weighted by Gasteiger charge is -2.01. The van der Waals surface area contributed by atoms with Gasteiger partial charge in [0.1, 0.15) is 5.78 Å². The van der Waals surface area contributed by atoms with Crippen LogP contribution in [0.2, 0.25) is 0 Å². The average molecular weight is 259 g/mol. The zero-order chi connectivity index (χ0) is 13.0. The highest BCUT2D eigenvalue weighted by Crippen LogP contribution is 2.11. The van der Waals surface area contributed by atoms with Gasteiger partial charge in [0, 0.05) is 18.2 Å². The number of thiazole rings is 1. The highest BCUT2D eigenvalue weighted by atomic mass is 32.1. The molecule has 1 aromatic heterocycles. The Balaban J connectivity index is 1.83. The SMILES string of the molecule is Cc1ccc(CCC(=O)Cc2csc(C)n2)cc1. The summed E-state index contributed by atoms with van der Waals surface area (Å²) >= 11 is 1.60. The molecule has 0 N–H and O–H groups in total. The highest BCUT2D eigenvalue weighted by molar-refractivity contribution is 7.09. The fourth-order valence-electron chi connectivity index (χ4n) is 1.82. The molecule has 94 valence electrons. The molecule has 0 radical (unpaired) electrons. The van der Waals surface area contributed by atoms with E-state index in [0.29, 0.717) is 12.8 Å². The van der Waals surface area contributed by atoms with Crippen LogP contribution in [0.1, 0.15) is 28.2 Å². The molecule has 2 nitrogen and oxygen atoms in total. The lowest BCUT2D eigenvalue weighted by molar-refractivity contribution is -0.118. The van der Waals surface area contributed by atoms with E-state index in [1.807, 2.05) is 12.3 Å². The Kier molecular flexibility index (Phi) is 4.26. The third kappa shape index (κ3) is 3.77. The first-order valence-electron chi connectivity index (χ1n) is 6.12. The maximum absolute atomic E-state index is 11.8. The molecule has 0 saturated heterocycles. The van der Waals surface area contributed by atoms with Gasteiger partial charge >= 0.3 is 0 Å². The Morgan fingerprint density at radius 3 is 2.56 bits per heavy atom. The van der Waals surface area contributed by atoms with E-state index in [0.717, 1.165) is 17.1 Å². The van der Waals surface area contributed by atoms with Crippen molar-refractivity contribution < 1.29 is 4.79 Å². The zero-order valence-electron chi connectivity index (χ0n) is 10.8. The van der Waals surface area contributed by atoms with E-state index in [9.17, 15) is 4.79 Å². The Hall–Kier alpha value is -1.48. The van der Waals surface area contributed by atoms with Crippen molar-refractivity contribution in [2.45, 2.75) is 33.1 Å². The van der Waals surface area contributed by atoms with Crippen LogP contribution in [0.4, 0.5) is 0 Å². The summed E-state index contributed by atoms with van der Waals surface area (Å²) < 4.78 is 0. The molecule has 0 amide bonds. The van der Waals surface area contributed by atoms with Crippen LogP contribution in [0.5, 0.6) is 0 Å². The molecule has 3 heteroatoms. The van der Waals surface area contributed by atoms with Gasteiger partial charge in [-0.15, -0.1) is 11.3 Å². The number of hydrogen-bond acceptors (Lipinski definition) is 3. The van der Waals surface area contributed by atoms with Crippen molar-refractivity contribution in [1.82, 2.24) is 4.98 Å². The Labute approximate surface area is 112 Å². The Morgan fingerprint density at radius 1 is 1.22 bits per heavy atom. The predicted octanol–water partition coefficient (Wildman–Crippen LogP) is 3.50. The van der Waals surface area contributed by atoms with Gasteiger partial charge in [-0.2, -0.15) is 0 Å². The number of ketones is 1. The third-order valence-electron chi connectivity index (χ3n) is 2.86. The van der Waals surface area contributed by atoms with E-state index >= 15 is 0 Å². The van der Waals surface area contributed by atoms with E-state index < -0.39 is 0 Å². The molecule has 0 saturated carbocycles. The standard InChI is InChI=1S/C15H17NOS/c1-11-3-5-13(6-4-11)7-8-15(17)9-14-10-18-12(2)16-14/h3-6,10H,7-9H2,1-2H3. The van der Waals surface area contributed by atoms with Crippen LogP contribution in [0.25, 0.3) is 0 Å². The molecule has 2 aromatic rings. The molecule has 0 spiro atoms.